The Morgan fingerprint density at radius 2 is 1.81 bits per heavy atom. The standard InChI is InChI=1S/C23H17NO3/c1-23(2)17-13-14(26-19-9-5-6-12-24-19)10-11-15(17)21(25)20-16-7-3-4-8-18(16)27-22(20)23/h3-13H,1-2H3. The van der Waals surface area contributed by atoms with E-state index in [1.165, 1.54) is 0 Å². The van der Waals surface area contributed by atoms with Crippen LogP contribution in [0.25, 0.3) is 11.0 Å². The fourth-order valence-electron chi connectivity index (χ4n) is 3.80. The molecule has 0 N–H and O–H groups in total. The minimum atomic E-state index is -0.457. The van der Waals surface area contributed by atoms with Crippen LogP contribution in [-0.2, 0) is 5.41 Å². The van der Waals surface area contributed by atoms with Gasteiger partial charge in [0.05, 0.1) is 5.56 Å². The Morgan fingerprint density at radius 3 is 2.63 bits per heavy atom. The van der Waals surface area contributed by atoms with Gasteiger partial charge >= 0.3 is 0 Å². The molecular formula is C23H17NO3. The van der Waals surface area contributed by atoms with Crippen molar-refractivity contribution in [2.24, 2.45) is 0 Å². The molecule has 0 unspecified atom stereocenters. The molecule has 0 spiro atoms. The summed E-state index contributed by atoms with van der Waals surface area (Å²) in [5.74, 6) is 1.86. The van der Waals surface area contributed by atoms with Crippen LogP contribution < -0.4 is 4.74 Å². The molecule has 0 amide bonds. The number of fused-ring (bicyclic) bond motifs is 4. The number of ketones is 1. The van der Waals surface area contributed by atoms with Gasteiger partial charge in [-0.3, -0.25) is 4.79 Å². The largest absolute Gasteiger partial charge is 0.459 e. The first-order valence-electron chi connectivity index (χ1n) is 8.86. The highest BCUT2D eigenvalue weighted by molar-refractivity contribution is 6.19. The molecule has 0 aliphatic heterocycles. The Labute approximate surface area is 156 Å². The van der Waals surface area contributed by atoms with Crippen LogP contribution in [0, 0.1) is 0 Å². The third-order valence-electron chi connectivity index (χ3n) is 5.16. The van der Waals surface area contributed by atoms with Crippen molar-refractivity contribution in [2.45, 2.75) is 19.3 Å². The minimum absolute atomic E-state index is 0.00587. The summed E-state index contributed by atoms with van der Waals surface area (Å²) in [5.41, 5.74) is 2.53. The van der Waals surface area contributed by atoms with Gasteiger partial charge in [0.25, 0.3) is 0 Å². The van der Waals surface area contributed by atoms with Gasteiger partial charge in [-0.15, -0.1) is 0 Å². The van der Waals surface area contributed by atoms with Gasteiger partial charge in [0.15, 0.2) is 5.78 Å². The number of aromatic nitrogens is 1. The number of carbonyl (C=O) groups is 1. The molecule has 27 heavy (non-hydrogen) atoms. The highest BCUT2D eigenvalue weighted by Crippen LogP contribution is 2.46. The molecular weight excluding hydrogens is 338 g/mol. The van der Waals surface area contributed by atoms with Crippen molar-refractivity contribution >= 4 is 16.8 Å². The van der Waals surface area contributed by atoms with Gasteiger partial charge in [-0.2, -0.15) is 0 Å². The van der Waals surface area contributed by atoms with Crippen molar-refractivity contribution in [3.05, 3.63) is 89.3 Å². The van der Waals surface area contributed by atoms with Crippen molar-refractivity contribution < 1.29 is 13.9 Å². The molecule has 132 valence electrons. The molecule has 1 aliphatic carbocycles. The number of rotatable bonds is 2. The van der Waals surface area contributed by atoms with E-state index in [9.17, 15) is 4.79 Å². The average Bonchev–Trinajstić information content (AvgIpc) is 3.08. The van der Waals surface area contributed by atoms with Crippen LogP contribution in [-0.4, -0.2) is 10.8 Å². The van der Waals surface area contributed by atoms with Crippen molar-refractivity contribution in [1.29, 1.82) is 0 Å². The summed E-state index contributed by atoms with van der Waals surface area (Å²) in [7, 11) is 0. The van der Waals surface area contributed by atoms with Gasteiger partial charge in [-0.1, -0.05) is 24.3 Å². The van der Waals surface area contributed by atoms with Crippen LogP contribution in [0.5, 0.6) is 11.6 Å². The maximum Gasteiger partial charge on any atom is 0.219 e. The molecule has 2 aromatic heterocycles. The van der Waals surface area contributed by atoms with E-state index >= 15 is 0 Å². The molecule has 5 rings (SSSR count). The lowest BCUT2D eigenvalue weighted by atomic mass is 9.72. The van der Waals surface area contributed by atoms with Crippen molar-refractivity contribution in [3.63, 3.8) is 0 Å². The summed E-state index contributed by atoms with van der Waals surface area (Å²) in [5, 5.41) is 0.866. The fourth-order valence-corrected chi connectivity index (χ4v) is 3.80. The number of hydrogen-bond donors (Lipinski definition) is 0. The number of ether oxygens (including phenoxy) is 1. The lowest BCUT2D eigenvalue weighted by Crippen LogP contribution is -2.29. The predicted molar refractivity (Wildman–Crippen MR) is 103 cm³/mol. The van der Waals surface area contributed by atoms with Gasteiger partial charge in [-0.25, -0.2) is 4.98 Å². The molecule has 4 nitrogen and oxygen atoms in total. The van der Waals surface area contributed by atoms with Crippen LogP contribution >= 0.6 is 0 Å². The number of nitrogens with zero attached hydrogens (tertiary/aromatic N) is 1. The Morgan fingerprint density at radius 1 is 1.00 bits per heavy atom. The number of furan rings is 1. The number of carbonyl (C=O) groups excluding carboxylic acids is 1. The first-order valence-corrected chi connectivity index (χ1v) is 8.86. The van der Waals surface area contributed by atoms with Crippen LogP contribution in [0.2, 0.25) is 0 Å². The van der Waals surface area contributed by atoms with E-state index in [0.717, 1.165) is 16.5 Å². The Balaban J connectivity index is 1.67. The molecule has 1 aliphatic rings. The maximum atomic E-state index is 13.2. The van der Waals surface area contributed by atoms with E-state index in [2.05, 4.69) is 18.8 Å². The molecule has 0 saturated heterocycles. The first kappa shape index (κ1) is 15.8. The summed E-state index contributed by atoms with van der Waals surface area (Å²) in [6, 6.07) is 18.8. The maximum absolute atomic E-state index is 13.2. The Bertz CT molecular complexity index is 1190. The van der Waals surface area contributed by atoms with E-state index in [1.54, 1.807) is 12.3 Å². The third kappa shape index (κ3) is 2.30. The zero-order valence-corrected chi connectivity index (χ0v) is 15.0. The van der Waals surface area contributed by atoms with Gasteiger partial charge < -0.3 is 9.15 Å². The molecule has 2 heterocycles. The van der Waals surface area contributed by atoms with Crippen molar-refractivity contribution in [2.75, 3.05) is 0 Å². The molecule has 0 radical (unpaired) electrons. The second-order valence-electron chi connectivity index (χ2n) is 7.23. The van der Waals surface area contributed by atoms with Gasteiger partial charge in [0.2, 0.25) is 5.88 Å². The number of pyridine rings is 1. The Hall–Kier alpha value is -3.40. The second kappa shape index (κ2) is 5.55. The highest BCUT2D eigenvalue weighted by Gasteiger charge is 2.41. The summed E-state index contributed by atoms with van der Waals surface area (Å²) in [6.07, 6.45) is 1.68. The first-order chi connectivity index (χ1) is 13.1. The Kier molecular flexibility index (Phi) is 3.25. The second-order valence-corrected chi connectivity index (χ2v) is 7.23. The van der Waals surface area contributed by atoms with Gasteiger partial charge in [-0.05, 0) is 49.7 Å². The van der Waals surface area contributed by atoms with E-state index in [-0.39, 0.29) is 5.78 Å². The molecule has 0 saturated carbocycles. The fraction of sp³-hybridized carbons (Fsp3) is 0.130. The van der Waals surface area contributed by atoms with Crippen LogP contribution in [0.3, 0.4) is 0 Å². The van der Waals surface area contributed by atoms with E-state index < -0.39 is 5.41 Å². The van der Waals surface area contributed by atoms with Crippen molar-refractivity contribution in [1.82, 2.24) is 4.98 Å². The zero-order chi connectivity index (χ0) is 18.6. The molecule has 2 aromatic carbocycles. The highest BCUT2D eigenvalue weighted by atomic mass is 16.5. The van der Waals surface area contributed by atoms with Gasteiger partial charge in [0.1, 0.15) is 17.1 Å². The summed E-state index contributed by atoms with van der Waals surface area (Å²) in [4.78, 5) is 17.4. The summed E-state index contributed by atoms with van der Waals surface area (Å²) in [6.45, 7) is 4.15. The van der Waals surface area contributed by atoms with Crippen LogP contribution in [0.1, 0.15) is 41.1 Å². The molecule has 0 fully saturated rings. The monoisotopic (exact) mass is 355 g/mol. The smallest absolute Gasteiger partial charge is 0.219 e. The third-order valence-corrected chi connectivity index (χ3v) is 5.16. The molecule has 4 aromatic rings. The minimum Gasteiger partial charge on any atom is -0.459 e. The summed E-state index contributed by atoms with van der Waals surface area (Å²) < 4.78 is 12.0. The lowest BCUT2D eigenvalue weighted by Gasteiger charge is -2.30. The zero-order valence-electron chi connectivity index (χ0n) is 15.0. The van der Waals surface area contributed by atoms with Gasteiger partial charge in [0, 0.05) is 28.6 Å². The normalized spacial score (nSPS) is 14.7. The summed E-state index contributed by atoms with van der Waals surface area (Å²) >= 11 is 0. The number of para-hydroxylation sites is 1. The predicted octanol–water partition coefficient (Wildman–Crippen LogP) is 5.49. The van der Waals surface area contributed by atoms with Crippen molar-refractivity contribution in [3.8, 4) is 11.6 Å². The SMILES string of the molecule is CC1(C)c2cc(Oc3ccccn3)ccc2C(=O)c2c1oc1ccccc21. The topological polar surface area (TPSA) is 52.3 Å². The average molecular weight is 355 g/mol. The van der Waals surface area contributed by atoms with Crippen LogP contribution in [0.4, 0.5) is 0 Å². The lowest BCUT2D eigenvalue weighted by molar-refractivity contribution is 0.102. The molecule has 0 atom stereocenters. The quantitative estimate of drug-likeness (QED) is 0.477. The molecule has 4 heteroatoms. The number of hydrogen-bond acceptors (Lipinski definition) is 4. The molecule has 0 bridgehead atoms. The number of benzene rings is 2. The van der Waals surface area contributed by atoms with E-state index in [1.807, 2.05) is 54.6 Å². The van der Waals surface area contributed by atoms with E-state index in [4.69, 9.17) is 9.15 Å². The van der Waals surface area contributed by atoms with E-state index in [0.29, 0.717) is 28.5 Å². The van der Waals surface area contributed by atoms with Crippen LogP contribution in [0.15, 0.2) is 71.3 Å².